The lowest BCUT2D eigenvalue weighted by molar-refractivity contribution is -0.0702. The quantitative estimate of drug-likeness (QED) is 0.558. The van der Waals surface area contributed by atoms with E-state index in [1.807, 2.05) is 6.92 Å². The number of halogens is 2. The first-order valence-electron chi connectivity index (χ1n) is 5.34. The third-order valence-electron chi connectivity index (χ3n) is 2.17. The fourth-order valence-electron chi connectivity index (χ4n) is 1.32. The van der Waals surface area contributed by atoms with Crippen LogP contribution in [0.3, 0.4) is 0 Å². The summed E-state index contributed by atoms with van der Waals surface area (Å²) in [6, 6.07) is 3.95. The largest absolute Gasteiger partial charge is 0.461 e. The summed E-state index contributed by atoms with van der Waals surface area (Å²) in [6.45, 7) is -1.15. The molecule has 1 unspecified atom stereocenters. The van der Waals surface area contributed by atoms with Gasteiger partial charge in [-0.15, -0.1) is 0 Å². The van der Waals surface area contributed by atoms with Gasteiger partial charge >= 0.3 is 6.61 Å². The Balaban J connectivity index is 2.98. The Bertz CT molecular complexity index is 392. The van der Waals surface area contributed by atoms with Crippen LogP contribution in [0, 0.1) is 0 Å². The van der Waals surface area contributed by atoms with Crippen molar-refractivity contribution in [2.75, 3.05) is 7.11 Å². The predicted octanol–water partition coefficient (Wildman–Crippen LogP) is 2.86. The second-order valence-electron chi connectivity index (χ2n) is 3.39. The Labute approximate surface area is 103 Å². The maximum absolute atomic E-state index is 12.2. The predicted molar refractivity (Wildman–Crippen MR) is 60.2 cm³/mol. The number of ether oxygens (including phenoxy) is 3. The summed E-state index contributed by atoms with van der Waals surface area (Å²) in [5.41, 5.74) is 0.303. The van der Waals surface area contributed by atoms with E-state index in [2.05, 4.69) is 4.74 Å². The summed E-state index contributed by atoms with van der Waals surface area (Å²) in [5.74, 6) is -0.0836. The highest BCUT2D eigenvalue weighted by Gasteiger charge is 2.15. The number of benzene rings is 1. The second kappa shape index (κ2) is 6.90. The van der Waals surface area contributed by atoms with Crippen LogP contribution in [0.25, 0.3) is 0 Å². The highest BCUT2D eigenvalue weighted by atomic mass is 19.3. The lowest BCUT2D eigenvalue weighted by atomic mass is 10.2. The van der Waals surface area contributed by atoms with Crippen molar-refractivity contribution in [1.29, 1.82) is 0 Å². The molecule has 1 atom stereocenters. The number of rotatable bonds is 7. The summed E-state index contributed by atoms with van der Waals surface area (Å²) < 4.78 is 39.0. The zero-order valence-corrected chi connectivity index (χ0v) is 10.1. The van der Waals surface area contributed by atoms with Crippen molar-refractivity contribution in [2.45, 2.75) is 26.2 Å². The Morgan fingerprint density at radius 2 is 2.00 bits per heavy atom. The van der Waals surface area contributed by atoms with Crippen LogP contribution in [0.4, 0.5) is 8.78 Å². The van der Waals surface area contributed by atoms with E-state index in [0.29, 0.717) is 18.3 Å². The standard InChI is InChI=1S/C12H14F2O4/c1-3-11(16-2)17-10-6-8(7-15)4-5-9(10)18-12(13)14/h4-7,11-12H,3H2,1-2H3. The molecule has 0 aliphatic heterocycles. The highest BCUT2D eigenvalue weighted by Crippen LogP contribution is 2.30. The van der Waals surface area contributed by atoms with E-state index < -0.39 is 12.9 Å². The topological polar surface area (TPSA) is 44.8 Å². The Hall–Kier alpha value is -1.69. The Morgan fingerprint density at radius 3 is 2.50 bits per heavy atom. The smallest absolute Gasteiger partial charge is 0.387 e. The number of alkyl halides is 2. The van der Waals surface area contributed by atoms with Gasteiger partial charge in [-0.2, -0.15) is 8.78 Å². The third-order valence-corrected chi connectivity index (χ3v) is 2.17. The third kappa shape index (κ3) is 3.96. The van der Waals surface area contributed by atoms with Gasteiger partial charge in [-0.05, 0) is 18.2 Å². The monoisotopic (exact) mass is 260 g/mol. The van der Waals surface area contributed by atoms with Crippen molar-refractivity contribution in [3.63, 3.8) is 0 Å². The summed E-state index contributed by atoms with van der Waals surface area (Å²) in [7, 11) is 1.44. The Kier molecular flexibility index (Phi) is 5.51. The molecule has 6 heteroatoms. The van der Waals surface area contributed by atoms with Gasteiger partial charge in [-0.3, -0.25) is 4.79 Å². The van der Waals surface area contributed by atoms with Crippen LogP contribution in [-0.2, 0) is 4.74 Å². The van der Waals surface area contributed by atoms with E-state index in [4.69, 9.17) is 9.47 Å². The minimum atomic E-state index is -2.96. The molecule has 4 nitrogen and oxygen atoms in total. The molecule has 0 spiro atoms. The molecule has 0 aliphatic carbocycles. The van der Waals surface area contributed by atoms with Gasteiger partial charge < -0.3 is 14.2 Å². The van der Waals surface area contributed by atoms with Crippen LogP contribution in [0.15, 0.2) is 18.2 Å². The van der Waals surface area contributed by atoms with Gasteiger partial charge in [0.05, 0.1) is 0 Å². The molecule has 0 bridgehead atoms. The molecule has 1 rings (SSSR count). The molecular formula is C12H14F2O4. The molecule has 1 aromatic rings. The van der Waals surface area contributed by atoms with Crippen LogP contribution >= 0.6 is 0 Å². The fraction of sp³-hybridized carbons (Fsp3) is 0.417. The maximum Gasteiger partial charge on any atom is 0.387 e. The van der Waals surface area contributed by atoms with E-state index in [1.54, 1.807) is 0 Å². The first-order valence-corrected chi connectivity index (χ1v) is 5.34. The van der Waals surface area contributed by atoms with Gasteiger partial charge in [-0.25, -0.2) is 0 Å². The lowest BCUT2D eigenvalue weighted by Crippen LogP contribution is -2.18. The van der Waals surface area contributed by atoms with Crippen LogP contribution in [0.2, 0.25) is 0 Å². The number of methoxy groups -OCH3 is 1. The Morgan fingerprint density at radius 1 is 1.28 bits per heavy atom. The van der Waals surface area contributed by atoms with Gasteiger partial charge in [0.2, 0.25) is 0 Å². The average molecular weight is 260 g/mol. The zero-order valence-electron chi connectivity index (χ0n) is 10.1. The molecule has 0 heterocycles. The van der Waals surface area contributed by atoms with Crippen LogP contribution < -0.4 is 9.47 Å². The molecule has 0 saturated carbocycles. The molecule has 0 aromatic heterocycles. The first kappa shape index (κ1) is 14.4. The van der Waals surface area contributed by atoms with Crippen LogP contribution in [-0.4, -0.2) is 26.3 Å². The van der Waals surface area contributed by atoms with Crippen LogP contribution in [0.5, 0.6) is 11.5 Å². The van der Waals surface area contributed by atoms with E-state index in [0.717, 1.165) is 0 Å². The van der Waals surface area contributed by atoms with Crippen molar-refractivity contribution in [3.8, 4) is 11.5 Å². The average Bonchev–Trinajstić information content (AvgIpc) is 2.36. The van der Waals surface area contributed by atoms with E-state index in [9.17, 15) is 13.6 Å². The number of aldehydes is 1. The summed E-state index contributed by atoms with van der Waals surface area (Å²) in [5, 5.41) is 0. The van der Waals surface area contributed by atoms with E-state index >= 15 is 0 Å². The van der Waals surface area contributed by atoms with Gasteiger partial charge in [0, 0.05) is 19.1 Å². The van der Waals surface area contributed by atoms with Crippen molar-refractivity contribution < 1.29 is 27.8 Å². The van der Waals surface area contributed by atoms with Crippen molar-refractivity contribution >= 4 is 6.29 Å². The molecule has 1 aromatic carbocycles. The van der Waals surface area contributed by atoms with Crippen molar-refractivity contribution in [3.05, 3.63) is 23.8 Å². The van der Waals surface area contributed by atoms with Gasteiger partial charge in [0.15, 0.2) is 17.8 Å². The molecular weight excluding hydrogens is 246 g/mol. The van der Waals surface area contributed by atoms with Gasteiger partial charge in [0.1, 0.15) is 6.29 Å². The highest BCUT2D eigenvalue weighted by molar-refractivity contribution is 5.76. The summed E-state index contributed by atoms with van der Waals surface area (Å²) in [4.78, 5) is 10.6. The maximum atomic E-state index is 12.2. The number of carbonyl (C=O) groups is 1. The fourth-order valence-corrected chi connectivity index (χ4v) is 1.32. The number of hydrogen-bond donors (Lipinski definition) is 0. The molecule has 0 N–H and O–H groups in total. The van der Waals surface area contributed by atoms with E-state index in [-0.39, 0.29) is 11.5 Å². The molecule has 0 amide bonds. The minimum Gasteiger partial charge on any atom is -0.461 e. The number of hydrogen-bond acceptors (Lipinski definition) is 4. The molecule has 0 aliphatic rings. The summed E-state index contributed by atoms with van der Waals surface area (Å²) in [6.07, 6.45) is 0.523. The molecule has 18 heavy (non-hydrogen) atoms. The second-order valence-corrected chi connectivity index (χ2v) is 3.39. The van der Waals surface area contributed by atoms with Crippen molar-refractivity contribution in [1.82, 2.24) is 0 Å². The first-order chi connectivity index (χ1) is 8.60. The van der Waals surface area contributed by atoms with Crippen LogP contribution in [0.1, 0.15) is 23.7 Å². The summed E-state index contributed by atoms with van der Waals surface area (Å²) >= 11 is 0. The molecule has 0 radical (unpaired) electrons. The van der Waals surface area contributed by atoms with Gasteiger partial charge in [-0.1, -0.05) is 6.92 Å². The molecule has 0 fully saturated rings. The van der Waals surface area contributed by atoms with Gasteiger partial charge in [0.25, 0.3) is 0 Å². The molecule has 100 valence electrons. The van der Waals surface area contributed by atoms with E-state index in [1.165, 1.54) is 25.3 Å². The zero-order chi connectivity index (χ0) is 13.5. The normalized spacial score (nSPS) is 12.3. The SMILES string of the molecule is CCC(OC)Oc1cc(C=O)ccc1OC(F)F. The van der Waals surface area contributed by atoms with Crippen molar-refractivity contribution in [2.24, 2.45) is 0 Å². The number of carbonyl (C=O) groups excluding carboxylic acids is 1. The minimum absolute atomic E-state index is 0.0496. The molecule has 0 saturated heterocycles. The lowest BCUT2D eigenvalue weighted by Gasteiger charge is -2.18.